The molecule has 482 valence electrons. The first kappa shape index (κ1) is 73.6. The lowest BCUT2D eigenvalue weighted by molar-refractivity contribution is -0.159. The minimum absolute atomic E-state index is 0.0808. The number of likely N-dealkylation sites (tertiary alicyclic amines) is 1. The summed E-state index contributed by atoms with van der Waals surface area (Å²) in [5.41, 5.74) is 7.26. The van der Waals surface area contributed by atoms with E-state index in [-0.39, 0.29) is 55.0 Å². The largest absolute Gasteiger partial charge is 0.481 e. The predicted molar refractivity (Wildman–Crippen MR) is 339 cm³/mol. The number of nitrogens with two attached hydrogens (primary N) is 1. The average Bonchev–Trinajstić information content (AvgIpc) is 3.58. The average molecular weight is 1270 g/mol. The first-order chi connectivity index (χ1) is 40.9. The number of benzene rings is 1. The Balaban J connectivity index is 1.27. The van der Waals surface area contributed by atoms with Gasteiger partial charge in [0.05, 0.1) is 56.6 Å². The molecule has 0 aliphatic carbocycles. The van der Waals surface area contributed by atoms with Crippen LogP contribution >= 0.6 is 23.1 Å². The van der Waals surface area contributed by atoms with Crippen molar-refractivity contribution in [3.8, 4) is 5.75 Å². The quantitative estimate of drug-likeness (QED) is 0.00892. The molecule has 1 fully saturated rings. The number of carboxylic acid groups (broad SMARTS) is 1. The highest BCUT2D eigenvalue weighted by Crippen LogP contribution is 2.27. The Hall–Kier alpha value is -4.91. The van der Waals surface area contributed by atoms with E-state index in [0.29, 0.717) is 107 Å². The molecule has 2 aromatic heterocycles. The minimum Gasteiger partial charge on any atom is -0.481 e. The molecule has 0 bridgehead atoms. The number of carbonyl (C=O) groups excluding carboxylic acids is 5. The molecule has 86 heavy (non-hydrogen) atoms. The van der Waals surface area contributed by atoms with Gasteiger partial charge in [0.2, 0.25) is 11.8 Å². The number of esters is 1. The molecule has 6 atom stereocenters. The van der Waals surface area contributed by atoms with Crippen molar-refractivity contribution in [1.29, 1.82) is 0 Å². The molecule has 1 aliphatic heterocycles. The lowest BCUT2D eigenvalue weighted by Crippen LogP contribution is -2.59. The Morgan fingerprint density at radius 3 is 2.23 bits per heavy atom. The molecular weight excluding hydrogens is 1180 g/mol. The summed E-state index contributed by atoms with van der Waals surface area (Å²) in [6, 6.07) is 5.56. The Kier molecular flexibility index (Phi) is 32.9. The molecule has 26 heteroatoms. The number of carbonyl (C=O) groups is 6. The number of aliphatic carboxylic acids is 1. The van der Waals surface area contributed by atoms with Gasteiger partial charge in [-0.25, -0.2) is 19.7 Å². The topological polar surface area (TPSA) is 285 Å². The molecule has 4 rings (SSSR count). The van der Waals surface area contributed by atoms with E-state index in [1.807, 2.05) is 46.6 Å². The molecule has 1 saturated heterocycles. The SMILES string of the molecule is CCCC(=O)OCN(C(=O)[C@H](NC(=O)[C@@H]1CCCCN1C)C(C)CC)[C@@H](CCc1nc(C(=O)N[C@H](Cc2ccc(OC(=O)NCCC[Si](C)(C)O[Si](C)(C)CSc3ncc(COCCOCCOCCN)cn3)cc2)C[C@@H](C)C(=O)O)cs1)C(C)C. The van der Waals surface area contributed by atoms with Gasteiger partial charge in [-0.3, -0.25) is 28.9 Å². The maximum absolute atomic E-state index is 14.7. The maximum Gasteiger partial charge on any atom is 0.412 e. The fourth-order valence-electron chi connectivity index (χ4n) is 9.99. The highest BCUT2D eigenvalue weighted by molar-refractivity contribution is 8.00. The van der Waals surface area contributed by atoms with Crippen LogP contribution in [0, 0.1) is 17.8 Å². The van der Waals surface area contributed by atoms with E-state index < -0.39 is 64.6 Å². The second-order valence-electron chi connectivity index (χ2n) is 23.8. The summed E-state index contributed by atoms with van der Waals surface area (Å²) in [7, 11) is -2.26. The third-order valence-corrected chi connectivity index (χ3v) is 25.6. The van der Waals surface area contributed by atoms with Gasteiger partial charge in [0, 0.05) is 66.7 Å². The maximum atomic E-state index is 14.7. The number of likely N-dealkylation sites (N-methyl/N-ethyl adjacent to an activating group) is 1. The zero-order valence-corrected chi connectivity index (χ0v) is 56.5. The number of hydrogen-bond acceptors (Lipinski definition) is 19. The van der Waals surface area contributed by atoms with Gasteiger partial charge >= 0.3 is 18.0 Å². The van der Waals surface area contributed by atoms with Crippen LogP contribution in [0.2, 0.25) is 32.2 Å². The number of rotatable bonds is 41. The highest BCUT2D eigenvalue weighted by Gasteiger charge is 2.38. The van der Waals surface area contributed by atoms with Crippen LogP contribution in [0.5, 0.6) is 5.75 Å². The Labute approximate surface area is 520 Å². The number of piperidine rings is 1. The van der Waals surface area contributed by atoms with Crippen molar-refractivity contribution in [2.24, 2.45) is 23.5 Å². The summed E-state index contributed by atoms with van der Waals surface area (Å²) >= 11 is 2.90. The van der Waals surface area contributed by atoms with E-state index in [0.717, 1.165) is 48.4 Å². The molecule has 22 nitrogen and oxygen atoms in total. The van der Waals surface area contributed by atoms with E-state index in [1.165, 1.54) is 11.3 Å². The first-order valence-electron chi connectivity index (χ1n) is 30.5. The van der Waals surface area contributed by atoms with Gasteiger partial charge in [0.25, 0.3) is 5.91 Å². The summed E-state index contributed by atoms with van der Waals surface area (Å²) in [4.78, 5) is 97.3. The summed E-state index contributed by atoms with van der Waals surface area (Å²) < 4.78 is 34.6. The molecular formula is C60H99N9O13S2Si2. The number of amides is 4. The van der Waals surface area contributed by atoms with Crippen LogP contribution in [0.4, 0.5) is 4.79 Å². The molecule has 4 amide bonds. The van der Waals surface area contributed by atoms with Crippen molar-refractivity contribution in [3.63, 3.8) is 0 Å². The van der Waals surface area contributed by atoms with Crippen molar-refractivity contribution in [2.45, 2.75) is 180 Å². The van der Waals surface area contributed by atoms with E-state index in [1.54, 1.807) is 65.6 Å². The lowest BCUT2D eigenvalue weighted by atomic mass is 9.93. The van der Waals surface area contributed by atoms with E-state index in [4.69, 9.17) is 33.5 Å². The minimum atomic E-state index is -2.10. The number of nitrogens with one attached hydrogen (secondary N) is 3. The fraction of sp³-hybridized carbons (Fsp3) is 0.683. The van der Waals surface area contributed by atoms with E-state index >= 15 is 0 Å². The normalized spacial score (nSPS) is 15.7. The van der Waals surface area contributed by atoms with Crippen LogP contribution in [0.25, 0.3) is 0 Å². The fourth-order valence-corrected chi connectivity index (χ4v) is 21.1. The Bertz CT molecular complexity index is 2530. The first-order valence-corrected chi connectivity index (χ1v) is 38.6. The summed E-state index contributed by atoms with van der Waals surface area (Å²) in [5.74, 6) is -3.09. The van der Waals surface area contributed by atoms with Crippen molar-refractivity contribution in [1.82, 2.24) is 40.7 Å². The van der Waals surface area contributed by atoms with Gasteiger partial charge in [-0.05, 0) is 120 Å². The Morgan fingerprint density at radius 2 is 1.59 bits per heavy atom. The number of thioether (sulfide) groups is 1. The van der Waals surface area contributed by atoms with E-state index in [2.05, 4.69) is 57.1 Å². The van der Waals surface area contributed by atoms with Crippen LogP contribution in [0.3, 0.4) is 0 Å². The molecule has 0 saturated carbocycles. The predicted octanol–water partition coefficient (Wildman–Crippen LogP) is 8.23. The second-order valence-corrected chi connectivity index (χ2v) is 34.9. The second kappa shape index (κ2) is 38.5. The van der Waals surface area contributed by atoms with Gasteiger partial charge in [-0.1, -0.05) is 78.3 Å². The van der Waals surface area contributed by atoms with Gasteiger partial charge in [-0.15, -0.1) is 11.3 Å². The summed E-state index contributed by atoms with van der Waals surface area (Å²) in [6.07, 6.45) is 9.06. The zero-order valence-electron chi connectivity index (χ0n) is 52.8. The number of aryl methyl sites for hydroxylation is 1. The van der Waals surface area contributed by atoms with Crippen LogP contribution < -0.4 is 26.4 Å². The summed E-state index contributed by atoms with van der Waals surface area (Å²) in [5, 5.41) is 22.6. The molecule has 6 N–H and O–H groups in total. The third-order valence-electron chi connectivity index (χ3n) is 14.9. The zero-order chi connectivity index (χ0) is 63.2. The van der Waals surface area contributed by atoms with Gasteiger partial charge in [0.15, 0.2) is 28.5 Å². The third kappa shape index (κ3) is 27.2. The molecule has 1 unspecified atom stereocenters. The summed E-state index contributed by atoms with van der Waals surface area (Å²) in [6.45, 7) is 24.5. The van der Waals surface area contributed by atoms with Crippen LogP contribution in [-0.2, 0) is 61.7 Å². The van der Waals surface area contributed by atoms with Crippen molar-refractivity contribution < 1.29 is 61.7 Å². The number of aromatic nitrogens is 3. The molecule has 0 spiro atoms. The Morgan fingerprint density at radius 1 is 0.907 bits per heavy atom. The van der Waals surface area contributed by atoms with Crippen molar-refractivity contribution in [3.05, 3.63) is 63.9 Å². The van der Waals surface area contributed by atoms with Gasteiger partial charge in [0.1, 0.15) is 17.5 Å². The lowest BCUT2D eigenvalue weighted by Gasteiger charge is -2.39. The molecule has 0 radical (unpaired) electrons. The smallest absolute Gasteiger partial charge is 0.412 e. The van der Waals surface area contributed by atoms with Crippen molar-refractivity contribution in [2.75, 3.05) is 71.8 Å². The molecule has 1 aliphatic rings. The van der Waals surface area contributed by atoms with E-state index in [9.17, 15) is 33.9 Å². The molecule has 3 aromatic rings. The van der Waals surface area contributed by atoms with Crippen LogP contribution in [-0.4, -0.2) is 178 Å². The van der Waals surface area contributed by atoms with Gasteiger partial charge in [-0.2, -0.15) is 0 Å². The number of ether oxygens (including phenoxy) is 5. The van der Waals surface area contributed by atoms with Gasteiger partial charge < -0.3 is 59.5 Å². The molecule has 3 heterocycles. The number of thiazole rings is 1. The van der Waals surface area contributed by atoms with Crippen molar-refractivity contribution >= 4 is 75.5 Å². The highest BCUT2D eigenvalue weighted by atomic mass is 32.2. The monoisotopic (exact) mass is 1270 g/mol. The van der Waals surface area contributed by atoms with Crippen LogP contribution in [0.1, 0.15) is 126 Å². The molecule has 1 aromatic carbocycles. The van der Waals surface area contributed by atoms with Crippen LogP contribution in [0.15, 0.2) is 47.2 Å². The standard InChI is InChI=1S/C60H99N9O13S2Si2/c1-12-17-53(70)80-40-69(57(73)54(43(5)13-2)67-56(72)51-18-14-15-27-68(51)7)50(42(3)4)23-24-52-66-49(39-83-52)55(71)65-47(34-44(6)58(74)75)35-45-19-21-48(22-20-45)81-60(76)62-26-16-33-85(8,9)82-86(10,11)41-84-59-63-36-46(37-64-59)38-79-32-31-78-30-29-77-28-25-61/h19-22,36-37,39,42-44,47,50-51,54H,12-18,23-35,38,40-41,61H2,1-11H3,(H,62,76)(H,65,71)(H,67,72)(H,74,75)/t43?,44-,47+,50+,51+,54-/m1/s1. The number of hydrogen-bond donors (Lipinski definition) is 5. The number of nitrogens with zero attached hydrogens (tertiary/aromatic N) is 5. The number of carboxylic acids is 1.